The van der Waals surface area contributed by atoms with E-state index in [4.69, 9.17) is 0 Å². The molecule has 0 bridgehead atoms. The van der Waals surface area contributed by atoms with Gasteiger partial charge in [0.1, 0.15) is 5.82 Å². The van der Waals surface area contributed by atoms with Crippen LogP contribution >= 0.6 is 27.7 Å². The number of hydrazone groups is 1. The van der Waals surface area contributed by atoms with E-state index in [0.717, 1.165) is 21.3 Å². The van der Waals surface area contributed by atoms with Gasteiger partial charge in [-0.15, -0.1) is 10.2 Å². The van der Waals surface area contributed by atoms with Gasteiger partial charge in [-0.05, 0) is 61.0 Å². The van der Waals surface area contributed by atoms with Crippen LogP contribution in [0, 0.1) is 5.82 Å². The fourth-order valence-electron chi connectivity index (χ4n) is 2.94. The highest BCUT2D eigenvalue weighted by Crippen LogP contribution is 2.28. The molecule has 0 aliphatic heterocycles. The van der Waals surface area contributed by atoms with Crippen LogP contribution in [0.4, 0.5) is 4.39 Å². The highest BCUT2D eigenvalue weighted by molar-refractivity contribution is 9.10. The highest BCUT2D eigenvalue weighted by Gasteiger charge is 2.17. The minimum atomic E-state index is -0.326. The van der Waals surface area contributed by atoms with Crippen molar-refractivity contribution in [2.75, 3.05) is 5.75 Å². The third kappa shape index (κ3) is 5.71. The lowest BCUT2D eigenvalue weighted by molar-refractivity contribution is -0.118. The number of pyridine rings is 1. The number of hydrogen-bond acceptors (Lipinski definition) is 6. The van der Waals surface area contributed by atoms with Crippen molar-refractivity contribution in [1.82, 2.24) is 25.2 Å². The molecule has 1 N–H and O–H groups in total. The molecule has 2 aromatic carbocycles. The van der Waals surface area contributed by atoms with Gasteiger partial charge in [-0.1, -0.05) is 39.8 Å². The molecule has 0 spiro atoms. The number of benzene rings is 2. The molecular weight excluding hydrogens is 507 g/mol. The SMILES string of the molecule is C/C(=N/NC(=O)CSc1nnc(-c2ccncc2)n1-c1ccc(Br)cc1)c1ccc(F)cc1. The van der Waals surface area contributed by atoms with Crippen molar-refractivity contribution in [1.29, 1.82) is 0 Å². The Morgan fingerprint density at radius 2 is 1.76 bits per heavy atom. The Morgan fingerprint density at radius 3 is 2.45 bits per heavy atom. The number of carbonyl (C=O) groups excluding carboxylic acids is 1. The molecule has 0 radical (unpaired) electrons. The molecule has 7 nitrogen and oxygen atoms in total. The molecule has 0 saturated carbocycles. The zero-order chi connectivity index (χ0) is 23.2. The number of thioether (sulfide) groups is 1. The van der Waals surface area contributed by atoms with Crippen molar-refractivity contribution >= 4 is 39.3 Å². The zero-order valence-electron chi connectivity index (χ0n) is 17.4. The zero-order valence-corrected chi connectivity index (χ0v) is 19.8. The summed E-state index contributed by atoms with van der Waals surface area (Å²) in [6.45, 7) is 1.74. The summed E-state index contributed by atoms with van der Waals surface area (Å²) in [5.41, 5.74) is 5.55. The van der Waals surface area contributed by atoms with Crippen molar-refractivity contribution in [3.63, 3.8) is 0 Å². The summed E-state index contributed by atoms with van der Waals surface area (Å²) in [6.07, 6.45) is 3.38. The van der Waals surface area contributed by atoms with Gasteiger partial charge in [-0.2, -0.15) is 5.10 Å². The van der Waals surface area contributed by atoms with Crippen LogP contribution in [0.3, 0.4) is 0 Å². The maximum absolute atomic E-state index is 13.1. The van der Waals surface area contributed by atoms with E-state index in [-0.39, 0.29) is 17.5 Å². The molecule has 1 amide bonds. The maximum Gasteiger partial charge on any atom is 0.250 e. The molecule has 166 valence electrons. The quantitative estimate of drug-likeness (QED) is 0.212. The molecule has 0 aliphatic carbocycles. The van der Waals surface area contributed by atoms with E-state index in [2.05, 4.69) is 41.6 Å². The minimum Gasteiger partial charge on any atom is -0.272 e. The second-order valence-electron chi connectivity index (χ2n) is 6.88. The van der Waals surface area contributed by atoms with Crippen LogP contribution in [-0.4, -0.2) is 37.1 Å². The van der Waals surface area contributed by atoms with Gasteiger partial charge >= 0.3 is 0 Å². The Hall–Kier alpha value is -3.37. The number of carbonyl (C=O) groups is 1. The van der Waals surface area contributed by atoms with E-state index in [1.54, 1.807) is 31.5 Å². The minimum absolute atomic E-state index is 0.0885. The summed E-state index contributed by atoms with van der Waals surface area (Å²) < 4.78 is 15.9. The molecule has 2 aromatic heterocycles. The molecule has 0 saturated heterocycles. The smallest absolute Gasteiger partial charge is 0.250 e. The molecule has 0 unspecified atom stereocenters. The molecule has 4 aromatic rings. The van der Waals surface area contributed by atoms with Crippen molar-refractivity contribution in [2.24, 2.45) is 5.10 Å². The van der Waals surface area contributed by atoms with Gasteiger partial charge in [0.25, 0.3) is 5.91 Å². The predicted molar refractivity (Wildman–Crippen MR) is 130 cm³/mol. The number of rotatable bonds is 7. The topological polar surface area (TPSA) is 85.1 Å². The van der Waals surface area contributed by atoms with Gasteiger partial charge in [-0.3, -0.25) is 14.3 Å². The van der Waals surface area contributed by atoms with E-state index in [9.17, 15) is 9.18 Å². The Morgan fingerprint density at radius 1 is 1.06 bits per heavy atom. The van der Waals surface area contributed by atoms with Gasteiger partial charge in [0.05, 0.1) is 11.5 Å². The monoisotopic (exact) mass is 524 g/mol. The number of hydrogen-bond donors (Lipinski definition) is 1. The molecule has 33 heavy (non-hydrogen) atoms. The number of amides is 1. The molecule has 0 aliphatic rings. The predicted octanol–water partition coefficient (Wildman–Crippen LogP) is 4.86. The highest BCUT2D eigenvalue weighted by atomic mass is 79.9. The summed E-state index contributed by atoms with van der Waals surface area (Å²) in [5, 5.41) is 13.3. The van der Waals surface area contributed by atoms with Crippen LogP contribution in [0.5, 0.6) is 0 Å². The Kier molecular flexibility index (Phi) is 7.26. The third-order valence-electron chi connectivity index (χ3n) is 4.60. The first-order valence-electron chi connectivity index (χ1n) is 9.85. The second-order valence-corrected chi connectivity index (χ2v) is 8.74. The average molecular weight is 525 g/mol. The Labute approximate surface area is 202 Å². The van der Waals surface area contributed by atoms with E-state index < -0.39 is 0 Å². The van der Waals surface area contributed by atoms with Crippen molar-refractivity contribution in [2.45, 2.75) is 12.1 Å². The summed E-state index contributed by atoms with van der Waals surface area (Å²) in [7, 11) is 0. The lowest BCUT2D eigenvalue weighted by Crippen LogP contribution is -2.21. The summed E-state index contributed by atoms with van der Waals surface area (Å²) in [6, 6.07) is 17.4. The first kappa shape index (κ1) is 22.8. The van der Waals surface area contributed by atoms with E-state index in [0.29, 0.717) is 16.7 Å². The Bertz CT molecular complexity index is 1280. The summed E-state index contributed by atoms with van der Waals surface area (Å²) in [4.78, 5) is 16.5. The lowest BCUT2D eigenvalue weighted by Gasteiger charge is -2.10. The molecule has 0 atom stereocenters. The van der Waals surface area contributed by atoms with E-state index in [1.165, 1.54) is 23.9 Å². The molecule has 2 heterocycles. The average Bonchev–Trinajstić information content (AvgIpc) is 3.26. The normalized spacial score (nSPS) is 11.4. The second kappa shape index (κ2) is 10.5. The molecular formula is C23H18BrFN6OS. The van der Waals surface area contributed by atoms with Crippen LogP contribution in [-0.2, 0) is 4.79 Å². The van der Waals surface area contributed by atoms with E-state index in [1.807, 2.05) is 41.0 Å². The number of aromatic nitrogens is 4. The van der Waals surface area contributed by atoms with Gasteiger partial charge in [-0.25, -0.2) is 9.82 Å². The number of nitrogens with zero attached hydrogens (tertiary/aromatic N) is 5. The van der Waals surface area contributed by atoms with Gasteiger partial charge in [0, 0.05) is 28.1 Å². The molecule has 0 fully saturated rings. The fourth-order valence-corrected chi connectivity index (χ4v) is 3.95. The Balaban J connectivity index is 1.51. The van der Waals surface area contributed by atoms with Crippen LogP contribution in [0.2, 0.25) is 0 Å². The van der Waals surface area contributed by atoms with Gasteiger partial charge in [0.15, 0.2) is 11.0 Å². The molecule has 4 rings (SSSR count). The van der Waals surface area contributed by atoms with Crippen molar-refractivity contribution in [3.8, 4) is 17.1 Å². The van der Waals surface area contributed by atoms with E-state index >= 15 is 0 Å². The van der Waals surface area contributed by atoms with Crippen LogP contribution < -0.4 is 5.43 Å². The third-order valence-corrected chi connectivity index (χ3v) is 6.06. The van der Waals surface area contributed by atoms with Crippen LogP contribution in [0.25, 0.3) is 17.1 Å². The standard InChI is InChI=1S/C23H18BrFN6OS/c1-15(16-2-6-19(25)7-3-16)27-28-21(32)14-33-23-30-29-22(17-10-12-26-13-11-17)31(23)20-8-4-18(24)5-9-20/h2-13H,14H2,1H3,(H,28,32)/b27-15-. The van der Waals surface area contributed by atoms with Crippen LogP contribution in [0.15, 0.2) is 87.8 Å². The lowest BCUT2D eigenvalue weighted by atomic mass is 10.1. The number of halogens is 2. The summed E-state index contributed by atoms with van der Waals surface area (Å²) in [5.74, 6) is 0.115. The molecule has 10 heteroatoms. The first-order chi connectivity index (χ1) is 16.0. The van der Waals surface area contributed by atoms with Crippen molar-refractivity contribution < 1.29 is 9.18 Å². The number of nitrogens with one attached hydrogen (secondary N) is 1. The maximum atomic E-state index is 13.1. The first-order valence-corrected chi connectivity index (χ1v) is 11.6. The van der Waals surface area contributed by atoms with Crippen molar-refractivity contribution in [3.05, 3.63) is 88.9 Å². The largest absolute Gasteiger partial charge is 0.272 e. The van der Waals surface area contributed by atoms with Gasteiger partial charge in [0.2, 0.25) is 0 Å². The van der Waals surface area contributed by atoms with Gasteiger partial charge < -0.3 is 0 Å². The summed E-state index contributed by atoms with van der Waals surface area (Å²) >= 11 is 4.70. The van der Waals surface area contributed by atoms with Crippen LogP contribution in [0.1, 0.15) is 12.5 Å². The fraction of sp³-hybridized carbons (Fsp3) is 0.0870.